The van der Waals surface area contributed by atoms with E-state index in [1.165, 1.54) is 5.56 Å². The number of benzene rings is 1. The van der Waals surface area contributed by atoms with E-state index >= 15 is 0 Å². The summed E-state index contributed by atoms with van der Waals surface area (Å²) in [6.07, 6.45) is 1.39. The van der Waals surface area contributed by atoms with Gasteiger partial charge in [-0.05, 0) is 30.0 Å². The molecule has 1 atom stereocenters. The zero-order valence-corrected chi connectivity index (χ0v) is 14.5. The molecule has 1 fully saturated rings. The lowest BCUT2D eigenvalue weighted by Gasteiger charge is -2.26. The molecule has 126 valence electrons. The number of thiazole rings is 1. The molecular formula is C18H20N2O3S. The summed E-state index contributed by atoms with van der Waals surface area (Å²) in [4.78, 5) is 20.4. The van der Waals surface area contributed by atoms with Gasteiger partial charge in [0.2, 0.25) is 0 Å². The van der Waals surface area contributed by atoms with Crippen LogP contribution >= 0.6 is 11.3 Å². The van der Waals surface area contributed by atoms with Gasteiger partial charge < -0.3 is 14.4 Å². The molecule has 1 aromatic carbocycles. The van der Waals surface area contributed by atoms with Crippen LogP contribution in [-0.2, 0) is 11.2 Å². The highest BCUT2D eigenvalue weighted by atomic mass is 32.1. The van der Waals surface area contributed by atoms with Gasteiger partial charge in [0.15, 0.2) is 10.9 Å². The Hall–Kier alpha value is -1.92. The largest absolute Gasteiger partial charge is 0.497 e. The van der Waals surface area contributed by atoms with Gasteiger partial charge in [0.25, 0.3) is 0 Å². The molecule has 2 aromatic rings. The molecule has 24 heavy (non-hydrogen) atoms. The van der Waals surface area contributed by atoms with Gasteiger partial charge in [-0.15, -0.1) is 0 Å². The molecule has 1 aliphatic heterocycles. The van der Waals surface area contributed by atoms with Crippen LogP contribution in [0.15, 0.2) is 24.3 Å². The van der Waals surface area contributed by atoms with Crippen molar-refractivity contribution in [1.82, 2.24) is 4.98 Å². The van der Waals surface area contributed by atoms with E-state index in [-0.39, 0.29) is 11.7 Å². The molecule has 2 heterocycles. The average molecular weight is 344 g/mol. The fourth-order valence-corrected chi connectivity index (χ4v) is 4.41. The van der Waals surface area contributed by atoms with Gasteiger partial charge in [-0.2, -0.15) is 0 Å². The summed E-state index contributed by atoms with van der Waals surface area (Å²) >= 11 is 1.54. The first kappa shape index (κ1) is 15.6. The quantitative estimate of drug-likeness (QED) is 0.857. The summed E-state index contributed by atoms with van der Waals surface area (Å²) in [5.41, 5.74) is 2.13. The first-order valence-corrected chi connectivity index (χ1v) is 9.06. The van der Waals surface area contributed by atoms with Crippen LogP contribution < -0.4 is 9.64 Å². The third kappa shape index (κ3) is 2.91. The second-order valence-electron chi connectivity index (χ2n) is 6.17. The molecule has 1 unspecified atom stereocenters. The Bertz CT molecular complexity index is 735. The molecule has 0 radical (unpaired) electrons. The fraction of sp³-hybridized carbons (Fsp3) is 0.444. The Balaban J connectivity index is 1.57. The molecule has 5 nitrogen and oxygen atoms in total. The number of ketones is 1. The zero-order chi connectivity index (χ0) is 16.5. The Labute approximate surface area is 145 Å². The minimum atomic E-state index is 0.204. The highest BCUT2D eigenvalue weighted by Gasteiger charge is 2.31. The SMILES string of the molecule is COc1ccc(C2CC(=O)c3sc(N4CCOCC4)nc3C2)cc1. The lowest BCUT2D eigenvalue weighted by atomic mass is 9.84. The number of nitrogens with zero attached hydrogens (tertiary/aromatic N) is 2. The van der Waals surface area contributed by atoms with E-state index in [0.717, 1.165) is 54.2 Å². The minimum Gasteiger partial charge on any atom is -0.497 e. The number of morpholine rings is 1. The summed E-state index contributed by atoms with van der Waals surface area (Å²) in [6.45, 7) is 3.16. The smallest absolute Gasteiger partial charge is 0.186 e. The van der Waals surface area contributed by atoms with Crippen LogP contribution in [0.5, 0.6) is 5.75 Å². The van der Waals surface area contributed by atoms with Crippen LogP contribution in [0.4, 0.5) is 5.13 Å². The number of hydrogen-bond acceptors (Lipinski definition) is 6. The third-order valence-corrected chi connectivity index (χ3v) is 5.88. The normalized spacial score (nSPS) is 20.8. The number of fused-ring (bicyclic) bond motifs is 1. The number of hydrogen-bond donors (Lipinski definition) is 0. The maximum absolute atomic E-state index is 12.6. The Kier molecular flexibility index (Phi) is 4.24. The number of carbonyl (C=O) groups excluding carboxylic acids is 1. The number of Topliss-reactive ketones (excluding diaryl/α,β-unsaturated/α-hetero) is 1. The van der Waals surface area contributed by atoms with E-state index in [2.05, 4.69) is 17.0 Å². The summed E-state index contributed by atoms with van der Waals surface area (Å²) in [5, 5.41) is 0.965. The number of carbonyl (C=O) groups is 1. The van der Waals surface area contributed by atoms with E-state index in [1.54, 1.807) is 18.4 Å². The standard InChI is InChI=1S/C18H20N2O3S/c1-22-14-4-2-12(3-5-14)13-10-15-17(16(21)11-13)24-18(19-15)20-6-8-23-9-7-20/h2-5,13H,6-11H2,1H3. The lowest BCUT2D eigenvalue weighted by Crippen LogP contribution is -2.36. The molecule has 0 N–H and O–H groups in total. The molecule has 2 aliphatic rings. The van der Waals surface area contributed by atoms with Crippen molar-refractivity contribution in [1.29, 1.82) is 0 Å². The summed E-state index contributed by atoms with van der Waals surface area (Å²) in [6, 6.07) is 8.01. The molecule has 0 saturated carbocycles. The number of aromatic nitrogens is 1. The molecule has 0 bridgehead atoms. The van der Waals surface area contributed by atoms with Crippen LogP contribution in [0.2, 0.25) is 0 Å². The summed E-state index contributed by atoms with van der Waals surface area (Å²) in [7, 11) is 1.66. The molecule has 6 heteroatoms. The predicted molar refractivity (Wildman–Crippen MR) is 93.5 cm³/mol. The van der Waals surface area contributed by atoms with Crippen LogP contribution in [0.3, 0.4) is 0 Å². The summed E-state index contributed by atoms with van der Waals surface area (Å²) in [5.74, 6) is 1.26. The molecule has 1 saturated heterocycles. The maximum atomic E-state index is 12.6. The molecule has 1 aliphatic carbocycles. The minimum absolute atomic E-state index is 0.204. The van der Waals surface area contributed by atoms with Crippen molar-refractivity contribution in [3.8, 4) is 5.75 Å². The average Bonchev–Trinajstić information content (AvgIpc) is 3.07. The zero-order valence-electron chi connectivity index (χ0n) is 13.7. The molecule has 0 amide bonds. The van der Waals surface area contributed by atoms with E-state index in [9.17, 15) is 4.79 Å². The van der Waals surface area contributed by atoms with E-state index in [1.807, 2.05) is 12.1 Å². The van der Waals surface area contributed by atoms with Crippen LogP contribution in [0.25, 0.3) is 0 Å². The topological polar surface area (TPSA) is 51.7 Å². The van der Waals surface area contributed by atoms with Crippen LogP contribution in [0.1, 0.15) is 33.3 Å². The van der Waals surface area contributed by atoms with Crippen molar-refractivity contribution in [3.05, 3.63) is 40.4 Å². The number of ether oxygens (including phenoxy) is 2. The van der Waals surface area contributed by atoms with Crippen LogP contribution in [0, 0.1) is 0 Å². The van der Waals surface area contributed by atoms with E-state index < -0.39 is 0 Å². The van der Waals surface area contributed by atoms with Crippen molar-refractivity contribution in [2.75, 3.05) is 38.3 Å². The lowest BCUT2D eigenvalue weighted by molar-refractivity contribution is 0.0968. The first-order valence-electron chi connectivity index (χ1n) is 8.24. The van der Waals surface area contributed by atoms with Crippen molar-refractivity contribution in [2.24, 2.45) is 0 Å². The number of anilines is 1. The molecule has 1 aromatic heterocycles. The number of methoxy groups -OCH3 is 1. The highest BCUT2D eigenvalue weighted by molar-refractivity contribution is 7.17. The fourth-order valence-electron chi connectivity index (χ4n) is 3.32. The van der Waals surface area contributed by atoms with Crippen molar-refractivity contribution in [3.63, 3.8) is 0 Å². The second kappa shape index (κ2) is 6.53. The Morgan fingerprint density at radius 3 is 2.67 bits per heavy atom. The Morgan fingerprint density at radius 2 is 1.96 bits per heavy atom. The van der Waals surface area contributed by atoms with Gasteiger partial charge in [0.05, 0.1) is 30.9 Å². The maximum Gasteiger partial charge on any atom is 0.186 e. The Morgan fingerprint density at radius 1 is 1.21 bits per heavy atom. The van der Waals surface area contributed by atoms with Gasteiger partial charge in [-0.1, -0.05) is 23.5 Å². The van der Waals surface area contributed by atoms with E-state index in [4.69, 9.17) is 14.5 Å². The third-order valence-electron chi connectivity index (χ3n) is 4.68. The monoisotopic (exact) mass is 344 g/mol. The van der Waals surface area contributed by atoms with Crippen LogP contribution in [-0.4, -0.2) is 44.2 Å². The molecule has 0 spiro atoms. The van der Waals surface area contributed by atoms with Gasteiger partial charge in [-0.25, -0.2) is 4.98 Å². The number of rotatable bonds is 3. The van der Waals surface area contributed by atoms with Gasteiger partial charge >= 0.3 is 0 Å². The van der Waals surface area contributed by atoms with E-state index in [0.29, 0.717) is 6.42 Å². The van der Waals surface area contributed by atoms with Crippen molar-refractivity contribution >= 4 is 22.3 Å². The van der Waals surface area contributed by atoms with Gasteiger partial charge in [-0.3, -0.25) is 4.79 Å². The predicted octanol–water partition coefficient (Wildman–Crippen LogP) is 2.90. The van der Waals surface area contributed by atoms with Crippen molar-refractivity contribution < 1.29 is 14.3 Å². The van der Waals surface area contributed by atoms with Gasteiger partial charge in [0, 0.05) is 19.5 Å². The van der Waals surface area contributed by atoms with Gasteiger partial charge in [0.1, 0.15) is 5.75 Å². The van der Waals surface area contributed by atoms with Crippen molar-refractivity contribution in [2.45, 2.75) is 18.8 Å². The first-order chi connectivity index (χ1) is 11.7. The highest BCUT2D eigenvalue weighted by Crippen LogP contribution is 2.38. The second-order valence-corrected chi connectivity index (χ2v) is 7.15. The summed E-state index contributed by atoms with van der Waals surface area (Å²) < 4.78 is 10.6. The molecular weight excluding hydrogens is 324 g/mol. The molecule has 4 rings (SSSR count).